The van der Waals surface area contributed by atoms with Crippen LogP contribution in [0.5, 0.6) is 0 Å². The summed E-state index contributed by atoms with van der Waals surface area (Å²) in [6.07, 6.45) is 0. The van der Waals surface area contributed by atoms with Crippen molar-refractivity contribution in [1.82, 2.24) is 0 Å². The maximum atomic E-state index is 12.5. The highest BCUT2D eigenvalue weighted by atomic mass is 79.9. The molecule has 2 aromatic carbocycles. The zero-order chi connectivity index (χ0) is 14.5. The third-order valence-corrected chi connectivity index (χ3v) is 3.76. The van der Waals surface area contributed by atoms with E-state index in [0.717, 1.165) is 4.47 Å². The number of nitriles is 1. The molecule has 20 heavy (non-hydrogen) atoms. The molecule has 0 heterocycles. The van der Waals surface area contributed by atoms with E-state index >= 15 is 0 Å². The molecule has 0 atom stereocenters. The molecule has 0 aliphatic carbocycles. The standard InChI is InChI=1S/C14H9BrF2N2S/c15-10-6-5-9(8-18)12(7-10)19-11-3-1-2-4-13(11)20-14(16)17/h1-7,14,19H. The minimum atomic E-state index is -2.49. The number of hydrogen-bond donors (Lipinski definition) is 1. The second-order valence-corrected chi connectivity index (χ2v) is 5.75. The molecule has 0 bridgehead atoms. The molecule has 0 amide bonds. The van der Waals surface area contributed by atoms with E-state index in [-0.39, 0.29) is 0 Å². The number of para-hydroxylation sites is 1. The minimum Gasteiger partial charge on any atom is -0.353 e. The zero-order valence-electron chi connectivity index (χ0n) is 10.1. The first-order valence-corrected chi connectivity index (χ1v) is 7.28. The zero-order valence-corrected chi connectivity index (χ0v) is 12.5. The predicted octanol–water partition coefficient (Wildman–Crippen LogP) is 5.38. The number of benzene rings is 2. The lowest BCUT2D eigenvalue weighted by molar-refractivity contribution is 0.252. The van der Waals surface area contributed by atoms with Crippen molar-refractivity contribution >= 4 is 39.1 Å². The average Bonchev–Trinajstić information content (AvgIpc) is 2.41. The van der Waals surface area contributed by atoms with Gasteiger partial charge in [-0.3, -0.25) is 0 Å². The molecule has 1 N–H and O–H groups in total. The largest absolute Gasteiger partial charge is 0.353 e. The number of thioether (sulfide) groups is 1. The molecular formula is C14H9BrF2N2S. The van der Waals surface area contributed by atoms with E-state index in [4.69, 9.17) is 5.26 Å². The fraction of sp³-hybridized carbons (Fsp3) is 0.0714. The Balaban J connectivity index is 2.35. The Labute approximate surface area is 127 Å². The van der Waals surface area contributed by atoms with Crippen LogP contribution in [0.4, 0.5) is 20.2 Å². The van der Waals surface area contributed by atoms with Crippen LogP contribution < -0.4 is 5.32 Å². The number of rotatable bonds is 4. The van der Waals surface area contributed by atoms with Gasteiger partial charge in [-0.2, -0.15) is 14.0 Å². The van der Waals surface area contributed by atoms with Crippen LogP contribution in [0, 0.1) is 11.3 Å². The van der Waals surface area contributed by atoms with Crippen molar-refractivity contribution in [2.24, 2.45) is 0 Å². The molecule has 0 aliphatic rings. The minimum absolute atomic E-state index is 0.436. The van der Waals surface area contributed by atoms with E-state index in [1.54, 1.807) is 42.5 Å². The molecule has 0 unspecified atom stereocenters. The van der Waals surface area contributed by atoms with Crippen molar-refractivity contribution in [1.29, 1.82) is 5.26 Å². The van der Waals surface area contributed by atoms with Gasteiger partial charge >= 0.3 is 0 Å². The summed E-state index contributed by atoms with van der Waals surface area (Å²) in [6, 6.07) is 14.0. The number of nitrogens with one attached hydrogen (secondary N) is 1. The Bertz CT molecular complexity index is 656. The second-order valence-electron chi connectivity index (χ2n) is 3.80. The van der Waals surface area contributed by atoms with Gasteiger partial charge in [0.15, 0.2) is 0 Å². The molecule has 0 aromatic heterocycles. The summed E-state index contributed by atoms with van der Waals surface area (Å²) >= 11 is 3.79. The first-order valence-electron chi connectivity index (χ1n) is 5.60. The van der Waals surface area contributed by atoms with Gasteiger partial charge in [-0.1, -0.05) is 39.8 Å². The first kappa shape index (κ1) is 14.8. The molecular weight excluding hydrogens is 346 g/mol. The Morgan fingerprint density at radius 1 is 1.15 bits per heavy atom. The summed E-state index contributed by atoms with van der Waals surface area (Å²) in [4.78, 5) is 0.436. The van der Waals surface area contributed by atoms with Gasteiger partial charge in [-0.15, -0.1) is 0 Å². The van der Waals surface area contributed by atoms with Crippen LogP contribution in [0.3, 0.4) is 0 Å². The number of hydrogen-bond acceptors (Lipinski definition) is 3. The third kappa shape index (κ3) is 3.71. The van der Waals surface area contributed by atoms with Crippen LogP contribution in [0.15, 0.2) is 51.8 Å². The first-order chi connectivity index (χ1) is 9.60. The van der Waals surface area contributed by atoms with Crippen LogP contribution in [0.1, 0.15) is 5.56 Å². The molecule has 0 spiro atoms. The molecule has 0 saturated carbocycles. The topological polar surface area (TPSA) is 35.8 Å². The number of nitrogens with zero attached hydrogens (tertiary/aromatic N) is 1. The van der Waals surface area contributed by atoms with Crippen molar-refractivity contribution < 1.29 is 8.78 Å². The van der Waals surface area contributed by atoms with E-state index in [1.165, 1.54) is 0 Å². The van der Waals surface area contributed by atoms with Crippen molar-refractivity contribution in [3.05, 3.63) is 52.5 Å². The normalized spacial score (nSPS) is 10.3. The molecule has 2 rings (SSSR count). The molecule has 0 radical (unpaired) electrons. The maximum Gasteiger partial charge on any atom is 0.288 e. The third-order valence-electron chi connectivity index (χ3n) is 2.47. The molecule has 0 fully saturated rings. The molecule has 102 valence electrons. The predicted molar refractivity (Wildman–Crippen MR) is 80.4 cm³/mol. The summed E-state index contributed by atoms with van der Waals surface area (Å²) in [5, 5.41) is 12.1. The summed E-state index contributed by atoms with van der Waals surface area (Å²) in [6.45, 7) is 0. The Hall–Kier alpha value is -1.58. The monoisotopic (exact) mass is 354 g/mol. The van der Waals surface area contributed by atoms with E-state index in [2.05, 4.69) is 27.3 Å². The quantitative estimate of drug-likeness (QED) is 0.748. The molecule has 2 nitrogen and oxygen atoms in total. The van der Waals surface area contributed by atoms with Crippen molar-refractivity contribution in [2.45, 2.75) is 10.7 Å². The average molecular weight is 355 g/mol. The van der Waals surface area contributed by atoms with Gasteiger partial charge in [0, 0.05) is 9.37 Å². The lowest BCUT2D eigenvalue weighted by Crippen LogP contribution is -1.96. The van der Waals surface area contributed by atoms with Crippen molar-refractivity contribution in [3.63, 3.8) is 0 Å². The van der Waals surface area contributed by atoms with Crippen LogP contribution in [-0.2, 0) is 0 Å². The smallest absolute Gasteiger partial charge is 0.288 e. The number of alkyl halides is 2. The number of halogens is 3. The molecule has 0 aliphatic heterocycles. The van der Waals surface area contributed by atoms with Crippen molar-refractivity contribution in [3.8, 4) is 6.07 Å². The fourth-order valence-corrected chi connectivity index (χ4v) is 2.59. The summed E-state index contributed by atoms with van der Waals surface area (Å²) in [5.74, 6) is -2.49. The highest BCUT2D eigenvalue weighted by Crippen LogP contribution is 2.34. The van der Waals surface area contributed by atoms with Crippen LogP contribution in [0.2, 0.25) is 0 Å². The maximum absolute atomic E-state index is 12.5. The van der Waals surface area contributed by atoms with E-state index in [0.29, 0.717) is 33.6 Å². The summed E-state index contributed by atoms with van der Waals surface area (Å²) < 4.78 is 25.9. The SMILES string of the molecule is N#Cc1ccc(Br)cc1Nc1ccccc1SC(F)F. The van der Waals surface area contributed by atoms with Crippen LogP contribution in [0.25, 0.3) is 0 Å². The number of anilines is 2. The van der Waals surface area contributed by atoms with Gasteiger partial charge in [-0.25, -0.2) is 0 Å². The van der Waals surface area contributed by atoms with Crippen LogP contribution in [-0.4, -0.2) is 5.76 Å². The van der Waals surface area contributed by atoms with Gasteiger partial charge < -0.3 is 5.32 Å². The molecule has 6 heteroatoms. The molecule has 2 aromatic rings. The van der Waals surface area contributed by atoms with Gasteiger partial charge in [0.1, 0.15) is 6.07 Å². The highest BCUT2D eigenvalue weighted by molar-refractivity contribution is 9.10. The van der Waals surface area contributed by atoms with Crippen molar-refractivity contribution in [2.75, 3.05) is 5.32 Å². The second kappa shape index (κ2) is 6.73. The summed E-state index contributed by atoms with van der Waals surface area (Å²) in [7, 11) is 0. The van der Waals surface area contributed by atoms with Gasteiger partial charge in [0.2, 0.25) is 0 Å². The highest BCUT2D eigenvalue weighted by Gasteiger charge is 2.11. The fourth-order valence-electron chi connectivity index (χ4n) is 1.63. The van der Waals surface area contributed by atoms with Crippen LogP contribution >= 0.6 is 27.7 Å². The van der Waals surface area contributed by atoms with E-state index in [1.807, 2.05) is 0 Å². The Kier molecular flexibility index (Phi) is 4.99. The lowest BCUT2D eigenvalue weighted by Gasteiger charge is -2.12. The molecule has 0 saturated heterocycles. The van der Waals surface area contributed by atoms with Gasteiger partial charge in [0.25, 0.3) is 5.76 Å². The van der Waals surface area contributed by atoms with Gasteiger partial charge in [-0.05, 0) is 30.3 Å². The summed E-state index contributed by atoms with van der Waals surface area (Å²) in [5.41, 5.74) is 1.57. The lowest BCUT2D eigenvalue weighted by atomic mass is 10.2. The Morgan fingerprint density at radius 2 is 1.90 bits per heavy atom. The van der Waals surface area contributed by atoms with E-state index < -0.39 is 5.76 Å². The van der Waals surface area contributed by atoms with E-state index in [9.17, 15) is 8.78 Å². The Morgan fingerprint density at radius 3 is 2.60 bits per heavy atom. The van der Waals surface area contributed by atoms with Gasteiger partial charge in [0.05, 0.1) is 16.9 Å².